The van der Waals surface area contributed by atoms with Crippen molar-refractivity contribution in [3.05, 3.63) is 26.6 Å². The first-order valence-electron chi connectivity index (χ1n) is 10.2. The van der Waals surface area contributed by atoms with Gasteiger partial charge < -0.3 is 14.8 Å². The SMILES string of the molecule is CC(C)N(Cc1nc2sc3c(c2c(=O)[nH]1)CCCC3)C[C@@H](O)COC(C)(C)C. The minimum Gasteiger partial charge on any atom is -0.389 e. The maximum atomic E-state index is 12.7. The van der Waals surface area contributed by atoms with Crippen LogP contribution in [0, 0.1) is 0 Å². The van der Waals surface area contributed by atoms with E-state index in [0.717, 1.165) is 29.5 Å². The lowest BCUT2D eigenvalue weighted by molar-refractivity contribution is -0.0588. The van der Waals surface area contributed by atoms with Crippen LogP contribution >= 0.6 is 11.3 Å². The van der Waals surface area contributed by atoms with Gasteiger partial charge in [-0.15, -0.1) is 11.3 Å². The fraction of sp³-hybridized carbons (Fsp3) is 0.714. The predicted octanol–water partition coefficient (Wildman–Crippen LogP) is 3.25. The van der Waals surface area contributed by atoms with Gasteiger partial charge in [0.05, 0.1) is 30.2 Å². The van der Waals surface area contributed by atoms with E-state index in [1.54, 1.807) is 11.3 Å². The Labute approximate surface area is 170 Å². The average molecular weight is 408 g/mol. The summed E-state index contributed by atoms with van der Waals surface area (Å²) in [6.45, 7) is 11.3. The number of aryl methyl sites for hydroxylation is 2. The number of ether oxygens (including phenoxy) is 1. The van der Waals surface area contributed by atoms with Gasteiger partial charge in [0.25, 0.3) is 5.56 Å². The zero-order valence-electron chi connectivity index (χ0n) is 17.7. The fourth-order valence-corrected chi connectivity index (χ4v) is 4.88. The molecule has 0 radical (unpaired) electrons. The van der Waals surface area contributed by atoms with Crippen LogP contribution in [0.5, 0.6) is 0 Å². The summed E-state index contributed by atoms with van der Waals surface area (Å²) in [6.07, 6.45) is 3.79. The van der Waals surface area contributed by atoms with Crippen LogP contribution in [0.3, 0.4) is 0 Å². The Morgan fingerprint density at radius 2 is 2.00 bits per heavy atom. The predicted molar refractivity (Wildman–Crippen MR) is 114 cm³/mol. The molecule has 0 saturated heterocycles. The van der Waals surface area contributed by atoms with E-state index in [9.17, 15) is 9.90 Å². The molecule has 6 nitrogen and oxygen atoms in total. The van der Waals surface area contributed by atoms with Crippen LogP contribution in [0.4, 0.5) is 0 Å². The highest BCUT2D eigenvalue weighted by molar-refractivity contribution is 7.18. The number of aliphatic hydroxyl groups is 1. The molecule has 2 N–H and O–H groups in total. The molecule has 1 aliphatic carbocycles. The van der Waals surface area contributed by atoms with Crippen LogP contribution in [0.15, 0.2) is 4.79 Å². The fourth-order valence-electron chi connectivity index (χ4n) is 3.60. The van der Waals surface area contributed by atoms with Crippen LogP contribution in [0.1, 0.15) is 63.7 Å². The normalized spacial score (nSPS) is 16.1. The maximum absolute atomic E-state index is 12.7. The summed E-state index contributed by atoms with van der Waals surface area (Å²) >= 11 is 1.67. The molecule has 0 fully saturated rings. The number of rotatable bonds is 7. The Balaban J connectivity index is 1.76. The van der Waals surface area contributed by atoms with Crippen LogP contribution in [-0.4, -0.2) is 50.9 Å². The summed E-state index contributed by atoms with van der Waals surface area (Å²) < 4.78 is 5.70. The first kappa shape index (κ1) is 21.4. The number of aromatic nitrogens is 2. The third kappa shape index (κ3) is 5.20. The first-order valence-corrected chi connectivity index (χ1v) is 11.0. The molecular weight excluding hydrogens is 374 g/mol. The number of aromatic amines is 1. The molecular formula is C21H33N3O3S. The highest BCUT2D eigenvalue weighted by Crippen LogP contribution is 2.33. The molecule has 156 valence electrons. The highest BCUT2D eigenvalue weighted by atomic mass is 32.1. The van der Waals surface area contributed by atoms with Crippen molar-refractivity contribution in [2.45, 2.75) is 84.6 Å². The van der Waals surface area contributed by atoms with Gasteiger partial charge in [0.1, 0.15) is 10.7 Å². The Bertz CT molecular complexity index is 866. The van der Waals surface area contributed by atoms with Crippen molar-refractivity contribution in [2.75, 3.05) is 13.2 Å². The largest absolute Gasteiger partial charge is 0.389 e. The lowest BCUT2D eigenvalue weighted by Gasteiger charge is -2.29. The summed E-state index contributed by atoms with van der Waals surface area (Å²) in [4.78, 5) is 24.8. The first-order chi connectivity index (χ1) is 13.1. The number of H-pyrrole nitrogens is 1. The van der Waals surface area contributed by atoms with Gasteiger partial charge in [-0.3, -0.25) is 9.69 Å². The van der Waals surface area contributed by atoms with Crippen molar-refractivity contribution in [3.63, 3.8) is 0 Å². The standard InChI is InChI=1S/C21H33N3O3S/c1-13(2)24(10-14(25)12-27-21(3,4)5)11-17-22-19(26)18-15-8-6-7-9-16(15)28-20(18)23-17/h13-14,25H,6-12H2,1-5H3,(H,22,23,26)/t14-/m1/s1. The average Bonchev–Trinajstić information content (AvgIpc) is 2.97. The molecule has 28 heavy (non-hydrogen) atoms. The van der Waals surface area contributed by atoms with E-state index < -0.39 is 6.10 Å². The van der Waals surface area contributed by atoms with Crippen molar-refractivity contribution >= 4 is 21.6 Å². The van der Waals surface area contributed by atoms with E-state index in [1.807, 2.05) is 20.8 Å². The maximum Gasteiger partial charge on any atom is 0.259 e. The molecule has 3 rings (SSSR count). The van der Waals surface area contributed by atoms with Gasteiger partial charge >= 0.3 is 0 Å². The smallest absolute Gasteiger partial charge is 0.259 e. The number of aliphatic hydroxyl groups excluding tert-OH is 1. The Morgan fingerprint density at radius 3 is 2.68 bits per heavy atom. The molecule has 2 aromatic rings. The van der Waals surface area contributed by atoms with E-state index in [0.29, 0.717) is 18.9 Å². The van der Waals surface area contributed by atoms with Gasteiger partial charge in [-0.25, -0.2) is 4.98 Å². The zero-order chi connectivity index (χ0) is 20.5. The Morgan fingerprint density at radius 1 is 1.29 bits per heavy atom. The molecule has 7 heteroatoms. The van der Waals surface area contributed by atoms with Gasteiger partial charge in [0.15, 0.2) is 0 Å². The minimum atomic E-state index is -0.592. The topological polar surface area (TPSA) is 78.5 Å². The second-order valence-electron chi connectivity index (χ2n) is 9.00. The van der Waals surface area contributed by atoms with E-state index in [-0.39, 0.29) is 23.8 Å². The lowest BCUT2D eigenvalue weighted by atomic mass is 9.97. The zero-order valence-corrected chi connectivity index (χ0v) is 18.5. The number of hydrogen-bond donors (Lipinski definition) is 2. The van der Waals surface area contributed by atoms with Gasteiger partial charge in [-0.05, 0) is 65.9 Å². The second-order valence-corrected chi connectivity index (χ2v) is 10.1. The highest BCUT2D eigenvalue weighted by Gasteiger charge is 2.22. The summed E-state index contributed by atoms with van der Waals surface area (Å²) in [6, 6.07) is 0.210. The molecule has 0 saturated carbocycles. The number of thiophene rings is 1. The van der Waals surface area contributed by atoms with E-state index in [4.69, 9.17) is 9.72 Å². The monoisotopic (exact) mass is 407 g/mol. The molecule has 0 aliphatic heterocycles. The quantitative estimate of drug-likeness (QED) is 0.737. The van der Waals surface area contributed by atoms with Crippen molar-refractivity contribution < 1.29 is 9.84 Å². The second kappa shape index (κ2) is 8.61. The molecule has 0 spiro atoms. The molecule has 2 aromatic heterocycles. The van der Waals surface area contributed by atoms with Crippen molar-refractivity contribution in [1.29, 1.82) is 0 Å². The molecule has 0 amide bonds. The summed E-state index contributed by atoms with van der Waals surface area (Å²) in [5, 5.41) is 11.2. The Kier molecular flexibility index (Phi) is 6.59. The Hall–Kier alpha value is -1.28. The lowest BCUT2D eigenvalue weighted by Crippen LogP contribution is -2.40. The summed E-state index contributed by atoms with van der Waals surface area (Å²) in [5.41, 5.74) is 0.904. The molecule has 0 unspecified atom stereocenters. The molecule has 1 aliphatic rings. The third-order valence-electron chi connectivity index (χ3n) is 5.11. The van der Waals surface area contributed by atoms with Crippen LogP contribution in [-0.2, 0) is 24.1 Å². The van der Waals surface area contributed by atoms with Gasteiger partial charge in [0.2, 0.25) is 0 Å². The van der Waals surface area contributed by atoms with E-state index in [2.05, 4.69) is 23.7 Å². The number of hydrogen-bond acceptors (Lipinski definition) is 6. The summed E-state index contributed by atoms with van der Waals surface area (Å²) in [7, 11) is 0. The molecule has 2 heterocycles. The minimum absolute atomic E-state index is 0.0280. The van der Waals surface area contributed by atoms with Gasteiger partial charge in [0, 0.05) is 17.5 Å². The molecule has 0 bridgehead atoms. The molecule has 1 atom stereocenters. The number of nitrogens with zero attached hydrogens (tertiary/aromatic N) is 2. The molecule has 0 aromatic carbocycles. The third-order valence-corrected chi connectivity index (χ3v) is 6.30. The van der Waals surface area contributed by atoms with Crippen LogP contribution in [0.2, 0.25) is 0 Å². The number of fused-ring (bicyclic) bond motifs is 3. The van der Waals surface area contributed by atoms with E-state index in [1.165, 1.54) is 16.9 Å². The van der Waals surface area contributed by atoms with Crippen molar-refractivity contribution in [3.8, 4) is 0 Å². The van der Waals surface area contributed by atoms with Crippen LogP contribution < -0.4 is 5.56 Å². The van der Waals surface area contributed by atoms with Crippen LogP contribution in [0.25, 0.3) is 10.2 Å². The van der Waals surface area contributed by atoms with E-state index >= 15 is 0 Å². The number of nitrogens with one attached hydrogen (secondary N) is 1. The van der Waals surface area contributed by atoms with Gasteiger partial charge in [-0.1, -0.05) is 0 Å². The van der Waals surface area contributed by atoms with Gasteiger partial charge in [-0.2, -0.15) is 0 Å². The van der Waals surface area contributed by atoms with Crippen molar-refractivity contribution in [2.24, 2.45) is 0 Å². The van der Waals surface area contributed by atoms with Crippen molar-refractivity contribution in [1.82, 2.24) is 14.9 Å². The summed E-state index contributed by atoms with van der Waals surface area (Å²) in [5.74, 6) is 0.661.